The number of benzene rings is 1. The first-order chi connectivity index (χ1) is 11.1. The van der Waals surface area contributed by atoms with Gasteiger partial charge in [0.05, 0.1) is 10.8 Å². The Morgan fingerprint density at radius 3 is 2.52 bits per heavy atom. The van der Waals surface area contributed by atoms with E-state index in [2.05, 4.69) is 5.32 Å². The van der Waals surface area contributed by atoms with Crippen molar-refractivity contribution in [2.24, 2.45) is 0 Å². The molecule has 0 bridgehead atoms. The molecular weight excluding hydrogens is 314 g/mol. The number of anilines is 1. The van der Waals surface area contributed by atoms with Crippen LogP contribution in [-0.2, 0) is 15.6 Å². The van der Waals surface area contributed by atoms with Crippen LogP contribution in [0.5, 0.6) is 0 Å². The van der Waals surface area contributed by atoms with Gasteiger partial charge < -0.3 is 10.2 Å². The standard InChI is InChI=1S/C16H21N3O3S/c1-2-17-15(21)18-10-8-16(9-11-18)19(14(20)12-23(16)22)13-6-4-3-5-7-13/h3-7H,2,8-12H2,1H3,(H,17,21). The fourth-order valence-electron chi connectivity index (χ4n) is 3.37. The van der Waals surface area contributed by atoms with Gasteiger partial charge in [-0.3, -0.25) is 13.9 Å². The van der Waals surface area contributed by atoms with E-state index in [0.717, 1.165) is 5.69 Å². The molecule has 124 valence electrons. The number of urea groups is 1. The van der Waals surface area contributed by atoms with Gasteiger partial charge in [-0.25, -0.2) is 4.79 Å². The molecule has 1 unspecified atom stereocenters. The van der Waals surface area contributed by atoms with Crippen LogP contribution in [0.15, 0.2) is 30.3 Å². The molecule has 3 amide bonds. The summed E-state index contributed by atoms with van der Waals surface area (Å²) in [5.74, 6) is -0.0308. The van der Waals surface area contributed by atoms with Crippen molar-refractivity contribution in [1.82, 2.24) is 10.2 Å². The molecule has 1 spiro atoms. The van der Waals surface area contributed by atoms with Crippen LogP contribution in [0.1, 0.15) is 19.8 Å². The number of carbonyl (C=O) groups excluding carboxylic acids is 2. The summed E-state index contributed by atoms with van der Waals surface area (Å²) in [7, 11) is -1.24. The zero-order valence-electron chi connectivity index (χ0n) is 13.2. The fourth-order valence-corrected chi connectivity index (χ4v) is 5.04. The predicted octanol–water partition coefficient (Wildman–Crippen LogP) is 1.30. The van der Waals surface area contributed by atoms with Gasteiger partial charge in [0.25, 0.3) is 0 Å². The van der Waals surface area contributed by atoms with Crippen molar-refractivity contribution in [3.05, 3.63) is 30.3 Å². The van der Waals surface area contributed by atoms with E-state index in [9.17, 15) is 13.8 Å². The summed E-state index contributed by atoms with van der Waals surface area (Å²) in [6, 6.07) is 9.30. The van der Waals surface area contributed by atoms with Crippen LogP contribution in [-0.4, -0.2) is 51.3 Å². The molecule has 7 heteroatoms. The minimum atomic E-state index is -1.24. The largest absolute Gasteiger partial charge is 0.338 e. The lowest BCUT2D eigenvalue weighted by atomic mass is 10.0. The first kappa shape index (κ1) is 16.0. The molecule has 1 aromatic rings. The van der Waals surface area contributed by atoms with Crippen LogP contribution in [0.3, 0.4) is 0 Å². The highest BCUT2D eigenvalue weighted by Crippen LogP contribution is 2.40. The molecule has 2 aliphatic rings. The van der Waals surface area contributed by atoms with E-state index in [1.54, 1.807) is 9.80 Å². The van der Waals surface area contributed by atoms with Crippen molar-refractivity contribution in [1.29, 1.82) is 0 Å². The van der Waals surface area contributed by atoms with Crippen molar-refractivity contribution in [2.75, 3.05) is 30.3 Å². The Morgan fingerprint density at radius 1 is 1.26 bits per heavy atom. The zero-order valence-corrected chi connectivity index (χ0v) is 14.0. The zero-order chi connectivity index (χ0) is 16.4. The van der Waals surface area contributed by atoms with Crippen LogP contribution in [0.25, 0.3) is 0 Å². The number of hydrogen-bond donors (Lipinski definition) is 1. The SMILES string of the molecule is CCNC(=O)N1CCC2(CC1)N(c1ccccc1)C(=O)CS2=O. The minimum absolute atomic E-state index is 0.0655. The van der Waals surface area contributed by atoms with Gasteiger partial charge in [0.15, 0.2) is 0 Å². The highest BCUT2D eigenvalue weighted by atomic mass is 32.2. The van der Waals surface area contributed by atoms with Crippen LogP contribution in [0.2, 0.25) is 0 Å². The number of likely N-dealkylation sites (tertiary alicyclic amines) is 1. The van der Waals surface area contributed by atoms with E-state index in [1.807, 2.05) is 37.3 Å². The van der Waals surface area contributed by atoms with Gasteiger partial charge >= 0.3 is 6.03 Å². The smallest absolute Gasteiger partial charge is 0.317 e. The fraction of sp³-hybridized carbons (Fsp3) is 0.500. The van der Waals surface area contributed by atoms with Crippen molar-refractivity contribution in [3.8, 4) is 0 Å². The second-order valence-corrected chi connectivity index (χ2v) is 7.56. The molecule has 2 aliphatic heterocycles. The second-order valence-electron chi connectivity index (χ2n) is 5.82. The predicted molar refractivity (Wildman–Crippen MR) is 89.5 cm³/mol. The quantitative estimate of drug-likeness (QED) is 0.886. The number of carbonyl (C=O) groups is 2. The average Bonchev–Trinajstić information content (AvgIpc) is 2.79. The minimum Gasteiger partial charge on any atom is -0.338 e. The third-order valence-electron chi connectivity index (χ3n) is 4.51. The van der Waals surface area contributed by atoms with Crippen LogP contribution in [0.4, 0.5) is 10.5 Å². The molecule has 2 fully saturated rings. The van der Waals surface area contributed by atoms with E-state index >= 15 is 0 Å². The number of piperidine rings is 1. The van der Waals surface area contributed by atoms with E-state index in [-0.39, 0.29) is 17.7 Å². The number of para-hydroxylation sites is 1. The second kappa shape index (κ2) is 6.31. The molecule has 0 saturated carbocycles. The van der Waals surface area contributed by atoms with Gasteiger partial charge in [-0.15, -0.1) is 0 Å². The highest BCUT2D eigenvalue weighted by molar-refractivity contribution is 7.88. The maximum atomic E-state index is 12.7. The van der Waals surface area contributed by atoms with Crippen LogP contribution in [0, 0.1) is 0 Å². The molecule has 0 radical (unpaired) electrons. The normalized spacial score (nSPS) is 23.3. The summed E-state index contributed by atoms with van der Waals surface area (Å²) in [4.78, 5) is 27.1. The molecule has 1 aromatic carbocycles. The third-order valence-corrected chi connectivity index (χ3v) is 6.46. The van der Waals surface area contributed by atoms with Crippen molar-refractivity contribution in [3.63, 3.8) is 0 Å². The van der Waals surface area contributed by atoms with E-state index in [4.69, 9.17) is 0 Å². The summed E-state index contributed by atoms with van der Waals surface area (Å²) in [6.07, 6.45) is 1.08. The molecule has 1 N–H and O–H groups in total. The number of hydrogen-bond acceptors (Lipinski definition) is 3. The first-order valence-electron chi connectivity index (χ1n) is 7.88. The van der Waals surface area contributed by atoms with Gasteiger partial charge in [0, 0.05) is 38.2 Å². The molecule has 23 heavy (non-hydrogen) atoms. The molecule has 3 rings (SSSR count). The Kier molecular flexibility index (Phi) is 4.39. The number of nitrogens with zero attached hydrogens (tertiary/aromatic N) is 2. The van der Waals surface area contributed by atoms with Gasteiger partial charge in [0.1, 0.15) is 10.6 Å². The lowest BCUT2D eigenvalue weighted by Gasteiger charge is -2.43. The molecule has 0 aromatic heterocycles. The molecule has 1 atom stereocenters. The Morgan fingerprint density at radius 2 is 1.91 bits per heavy atom. The summed E-state index contributed by atoms with van der Waals surface area (Å²) >= 11 is 0. The lowest BCUT2D eigenvalue weighted by molar-refractivity contribution is -0.116. The molecule has 2 heterocycles. The first-order valence-corrected chi connectivity index (χ1v) is 9.20. The monoisotopic (exact) mass is 335 g/mol. The van der Waals surface area contributed by atoms with Gasteiger partial charge in [0.2, 0.25) is 5.91 Å². The van der Waals surface area contributed by atoms with E-state index < -0.39 is 15.7 Å². The van der Waals surface area contributed by atoms with Gasteiger partial charge in [-0.2, -0.15) is 0 Å². The molecule has 0 aliphatic carbocycles. The highest BCUT2D eigenvalue weighted by Gasteiger charge is 2.53. The van der Waals surface area contributed by atoms with E-state index in [0.29, 0.717) is 32.5 Å². The van der Waals surface area contributed by atoms with Crippen LogP contribution >= 0.6 is 0 Å². The van der Waals surface area contributed by atoms with E-state index in [1.165, 1.54) is 0 Å². The summed E-state index contributed by atoms with van der Waals surface area (Å²) in [5, 5.41) is 2.79. The summed E-state index contributed by atoms with van der Waals surface area (Å²) in [5.41, 5.74) is 0.787. The number of nitrogens with one attached hydrogen (secondary N) is 1. The Balaban J connectivity index is 1.84. The maximum Gasteiger partial charge on any atom is 0.317 e. The lowest BCUT2D eigenvalue weighted by Crippen LogP contribution is -2.57. The topological polar surface area (TPSA) is 69.7 Å². The summed E-state index contributed by atoms with van der Waals surface area (Å²) in [6.45, 7) is 3.48. The molecular formula is C16H21N3O3S. The maximum absolute atomic E-state index is 12.7. The Hall–Kier alpha value is -1.89. The molecule has 2 saturated heterocycles. The third kappa shape index (κ3) is 2.73. The Labute approximate surface area is 138 Å². The Bertz CT molecular complexity index is 627. The average molecular weight is 335 g/mol. The van der Waals surface area contributed by atoms with Crippen LogP contribution < -0.4 is 10.2 Å². The molecule has 6 nitrogen and oxygen atoms in total. The van der Waals surface area contributed by atoms with Gasteiger partial charge in [-0.05, 0) is 19.1 Å². The van der Waals surface area contributed by atoms with Crippen molar-refractivity contribution in [2.45, 2.75) is 24.6 Å². The van der Waals surface area contributed by atoms with Crippen molar-refractivity contribution >= 4 is 28.4 Å². The number of rotatable bonds is 2. The number of amides is 3. The van der Waals surface area contributed by atoms with Crippen molar-refractivity contribution < 1.29 is 13.8 Å². The summed E-state index contributed by atoms with van der Waals surface area (Å²) < 4.78 is 12.7. The van der Waals surface area contributed by atoms with Gasteiger partial charge in [-0.1, -0.05) is 18.2 Å².